The minimum Gasteiger partial charge on any atom is -0.496 e. The molecule has 0 aliphatic carbocycles. The molecule has 0 aromatic heterocycles. The summed E-state index contributed by atoms with van der Waals surface area (Å²) < 4.78 is 10.6. The maximum atomic E-state index is 12.0. The van der Waals surface area contributed by atoms with Crippen molar-refractivity contribution in [3.8, 4) is 11.5 Å². The molecule has 0 atom stereocenters. The van der Waals surface area contributed by atoms with Gasteiger partial charge in [-0.05, 0) is 68.1 Å². The van der Waals surface area contributed by atoms with Crippen LogP contribution in [0.2, 0.25) is 0 Å². The van der Waals surface area contributed by atoms with E-state index in [2.05, 4.69) is 17.4 Å². The molecule has 24 heavy (non-hydrogen) atoms. The van der Waals surface area contributed by atoms with E-state index in [4.69, 9.17) is 9.47 Å². The van der Waals surface area contributed by atoms with Crippen molar-refractivity contribution in [3.63, 3.8) is 0 Å². The van der Waals surface area contributed by atoms with Crippen molar-refractivity contribution < 1.29 is 14.3 Å². The van der Waals surface area contributed by atoms with E-state index < -0.39 is 0 Å². The first kappa shape index (κ1) is 17.9. The zero-order chi connectivity index (χ0) is 17.4. The molecule has 128 valence electrons. The van der Waals surface area contributed by atoms with Gasteiger partial charge in [-0.1, -0.05) is 12.1 Å². The second-order valence-corrected chi connectivity index (χ2v) is 5.66. The van der Waals surface area contributed by atoms with E-state index >= 15 is 0 Å². The number of carbonyl (C=O) groups excluding carboxylic acids is 1. The Kier molecular flexibility index (Phi) is 6.67. The standard InChI is InChI=1S/C20H25NO3/c1-4-24-18-11-9-17(10-12-18)21-20(22)7-5-6-16-8-13-19(23-3)15(2)14-16/h8-14H,4-7H2,1-3H3,(H,21,22). The first-order valence-electron chi connectivity index (χ1n) is 8.28. The molecular weight excluding hydrogens is 302 g/mol. The number of ether oxygens (including phenoxy) is 2. The summed E-state index contributed by atoms with van der Waals surface area (Å²) in [6.45, 7) is 4.61. The van der Waals surface area contributed by atoms with Gasteiger partial charge in [0, 0.05) is 12.1 Å². The lowest BCUT2D eigenvalue weighted by Gasteiger charge is -2.08. The van der Waals surface area contributed by atoms with Crippen molar-refractivity contribution in [2.24, 2.45) is 0 Å². The van der Waals surface area contributed by atoms with Crippen LogP contribution in [-0.4, -0.2) is 19.6 Å². The summed E-state index contributed by atoms with van der Waals surface area (Å²) in [5.41, 5.74) is 3.14. The highest BCUT2D eigenvalue weighted by Crippen LogP contribution is 2.20. The zero-order valence-corrected chi connectivity index (χ0v) is 14.6. The summed E-state index contributed by atoms with van der Waals surface area (Å²) in [7, 11) is 1.67. The molecule has 1 N–H and O–H groups in total. The van der Waals surface area contributed by atoms with E-state index in [-0.39, 0.29) is 5.91 Å². The third kappa shape index (κ3) is 5.30. The van der Waals surface area contributed by atoms with Gasteiger partial charge in [0.15, 0.2) is 0 Å². The van der Waals surface area contributed by atoms with E-state index in [1.807, 2.05) is 44.2 Å². The number of rotatable bonds is 8. The van der Waals surface area contributed by atoms with Crippen LogP contribution in [0.25, 0.3) is 0 Å². The summed E-state index contributed by atoms with van der Waals surface area (Å²) in [4.78, 5) is 12.0. The van der Waals surface area contributed by atoms with Crippen LogP contribution in [-0.2, 0) is 11.2 Å². The van der Waals surface area contributed by atoms with E-state index in [1.165, 1.54) is 5.56 Å². The molecule has 0 bridgehead atoms. The molecule has 1 amide bonds. The Morgan fingerprint density at radius 3 is 2.50 bits per heavy atom. The Bertz CT molecular complexity index is 665. The molecule has 0 fully saturated rings. The Morgan fingerprint density at radius 1 is 1.12 bits per heavy atom. The van der Waals surface area contributed by atoms with Crippen LogP contribution in [0.15, 0.2) is 42.5 Å². The SMILES string of the molecule is CCOc1ccc(NC(=O)CCCc2ccc(OC)c(C)c2)cc1. The highest BCUT2D eigenvalue weighted by atomic mass is 16.5. The predicted molar refractivity (Wildman–Crippen MR) is 96.9 cm³/mol. The van der Waals surface area contributed by atoms with Crippen LogP contribution in [0.4, 0.5) is 5.69 Å². The summed E-state index contributed by atoms with van der Waals surface area (Å²) in [5, 5.41) is 2.91. The molecule has 0 spiro atoms. The second kappa shape index (κ2) is 8.96. The molecule has 0 aliphatic heterocycles. The fourth-order valence-corrected chi connectivity index (χ4v) is 2.57. The molecule has 2 aromatic carbocycles. The topological polar surface area (TPSA) is 47.6 Å². The van der Waals surface area contributed by atoms with Crippen LogP contribution in [0, 0.1) is 6.92 Å². The van der Waals surface area contributed by atoms with Gasteiger partial charge in [-0.3, -0.25) is 4.79 Å². The number of carbonyl (C=O) groups is 1. The van der Waals surface area contributed by atoms with Gasteiger partial charge in [0.25, 0.3) is 0 Å². The fourth-order valence-electron chi connectivity index (χ4n) is 2.57. The number of amides is 1. The largest absolute Gasteiger partial charge is 0.496 e. The average molecular weight is 327 g/mol. The van der Waals surface area contributed by atoms with Crippen molar-refractivity contribution in [1.29, 1.82) is 0 Å². The van der Waals surface area contributed by atoms with Crippen LogP contribution in [0.3, 0.4) is 0 Å². The zero-order valence-electron chi connectivity index (χ0n) is 14.6. The number of hydrogen-bond donors (Lipinski definition) is 1. The van der Waals surface area contributed by atoms with E-state index in [0.717, 1.165) is 35.6 Å². The lowest BCUT2D eigenvalue weighted by Crippen LogP contribution is -2.11. The van der Waals surface area contributed by atoms with Crippen LogP contribution in [0.5, 0.6) is 11.5 Å². The predicted octanol–water partition coefficient (Wildman–Crippen LogP) is 4.36. The van der Waals surface area contributed by atoms with Gasteiger partial charge in [-0.25, -0.2) is 0 Å². The van der Waals surface area contributed by atoms with Gasteiger partial charge in [0.2, 0.25) is 5.91 Å². The van der Waals surface area contributed by atoms with Gasteiger partial charge in [-0.2, -0.15) is 0 Å². The molecular formula is C20H25NO3. The van der Waals surface area contributed by atoms with Gasteiger partial charge >= 0.3 is 0 Å². The second-order valence-electron chi connectivity index (χ2n) is 5.66. The summed E-state index contributed by atoms with van der Waals surface area (Å²) >= 11 is 0. The van der Waals surface area contributed by atoms with E-state index in [9.17, 15) is 4.79 Å². The third-order valence-corrected chi connectivity index (χ3v) is 3.78. The Balaban J connectivity index is 1.77. The number of benzene rings is 2. The fraction of sp³-hybridized carbons (Fsp3) is 0.350. The van der Waals surface area contributed by atoms with Crippen LogP contribution < -0.4 is 14.8 Å². The molecule has 0 aliphatic rings. The number of hydrogen-bond acceptors (Lipinski definition) is 3. The van der Waals surface area contributed by atoms with Crippen molar-refractivity contribution in [2.75, 3.05) is 19.0 Å². The van der Waals surface area contributed by atoms with Crippen LogP contribution in [0.1, 0.15) is 30.9 Å². The van der Waals surface area contributed by atoms with Gasteiger partial charge in [0.05, 0.1) is 13.7 Å². The monoisotopic (exact) mass is 327 g/mol. The molecule has 0 unspecified atom stereocenters. The highest BCUT2D eigenvalue weighted by molar-refractivity contribution is 5.90. The molecule has 0 saturated heterocycles. The van der Waals surface area contributed by atoms with Crippen molar-refractivity contribution in [2.45, 2.75) is 33.1 Å². The Labute approximate surface area is 143 Å². The molecule has 2 aromatic rings. The number of methoxy groups -OCH3 is 1. The summed E-state index contributed by atoms with van der Waals surface area (Å²) in [6, 6.07) is 13.6. The molecule has 0 radical (unpaired) electrons. The lowest BCUT2D eigenvalue weighted by molar-refractivity contribution is -0.116. The quantitative estimate of drug-likeness (QED) is 0.783. The van der Waals surface area contributed by atoms with Gasteiger partial charge in [-0.15, -0.1) is 0 Å². The van der Waals surface area contributed by atoms with Crippen molar-refractivity contribution in [1.82, 2.24) is 0 Å². The van der Waals surface area contributed by atoms with Crippen molar-refractivity contribution >= 4 is 11.6 Å². The first-order chi connectivity index (χ1) is 11.6. The normalized spacial score (nSPS) is 10.3. The number of anilines is 1. The van der Waals surface area contributed by atoms with Gasteiger partial charge < -0.3 is 14.8 Å². The molecule has 0 saturated carbocycles. The molecule has 0 heterocycles. The maximum Gasteiger partial charge on any atom is 0.224 e. The van der Waals surface area contributed by atoms with Gasteiger partial charge in [0.1, 0.15) is 11.5 Å². The molecule has 2 rings (SSSR count). The highest BCUT2D eigenvalue weighted by Gasteiger charge is 2.05. The maximum absolute atomic E-state index is 12.0. The smallest absolute Gasteiger partial charge is 0.224 e. The lowest BCUT2D eigenvalue weighted by atomic mass is 10.0. The van der Waals surface area contributed by atoms with E-state index in [0.29, 0.717) is 13.0 Å². The Morgan fingerprint density at radius 2 is 1.88 bits per heavy atom. The average Bonchev–Trinajstić information content (AvgIpc) is 2.57. The summed E-state index contributed by atoms with van der Waals surface area (Å²) in [5.74, 6) is 1.74. The molecule has 4 heteroatoms. The molecule has 4 nitrogen and oxygen atoms in total. The summed E-state index contributed by atoms with van der Waals surface area (Å²) in [6.07, 6.45) is 2.19. The number of nitrogens with one attached hydrogen (secondary N) is 1. The minimum absolute atomic E-state index is 0.0318. The minimum atomic E-state index is 0.0318. The Hall–Kier alpha value is -2.49. The third-order valence-electron chi connectivity index (χ3n) is 3.78. The van der Waals surface area contributed by atoms with Crippen molar-refractivity contribution in [3.05, 3.63) is 53.6 Å². The van der Waals surface area contributed by atoms with Crippen LogP contribution >= 0.6 is 0 Å². The first-order valence-corrected chi connectivity index (χ1v) is 8.28. The van der Waals surface area contributed by atoms with E-state index in [1.54, 1.807) is 7.11 Å². The number of aryl methyl sites for hydroxylation is 2.